The predicted molar refractivity (Wildman–Crippen MR) is 109 cm³/mol. The monoisotopic (exact) mass is 365 g/mol. The molecule has 134 valence electrons. The summed E-state index contributed by atoms with van der Waals surface area (Å²) >= 11 is 1.65. The van der Waals surface area contributed by atoms with Crippen molar-refractivity contribution in [1.82, 2.24) is 9.78 Å². The van der Waals surface area contributed by atoms with Crippen LogP contribution in [0.5, 0.6) is 0 Å². The highest BCUT2D eigenvalue weighted by molar-refractivity contribution is 7.98. The van der Waals surface area contributed by atoms with Crippen molar-refractivity contribution in [2.24, 2.45) is 0 Å². The van der Waals surface area contributed by atoms with E-state index in [1.807, 2.05) is 47.3 Å². The van der Waals surface area contributed by atoms with E-state index < -0.39 is 0 Å². The molecule has 0 unspecified atom stereocenters. The zero-order valence-corrected chi connectivity index (χ0v) is 16.3. The number of benzene rings is 2. The van der Waals surface area contributed by atoms with Crippen molar-refractivity contribution in [3.05, 3.63) is 71.5 Å². The number of aryl methyl sites for hydroxylation is 1. The molecule has 0 aliphatic heterocycles. The normalized spacial score (nSPS) is 11.0. The van der Waals surface area contributed by atoms with Crippen molar-refractivity contribution in [1.29, 1.82) is 0 Å². The molecule has 0 atom stereocenters. The second-order valence-electron chi connectivity index (χ2n) is 6.53. The van der Waals surface area contributed by atoms with E-state index in [9.17, 15) is 4.79 Å². The van der Waals surface area contributed by atoms with Gasteiger partial charge in [-0.05, 0) is 49.4 Å². The number of amides is 1. The summed E-state index contributed by atoms with van der Waals surface area (Å²) in [4.78, 5) is 14.0. The van der Waals surface area contributed by atoms with Crippen LogP contribution in [0.15, 0.2) is 59.6 Å². The summed E-state index contributed by atoms with van der Waals surface area (Å²) in [5, 5.41) is 7.48. The average Bonchev–Trinajstić information content (AvgIpc) is 3.08. The number of aromatic nitrogens is 2. The summed E-state index contributed by atoms with van der Waals surface area (Å²) in [6.07, 6.45) is 3.67. The number of hydrogen-bond donors (Lipinski definition) is 1. The molecule has 3 rings (SSSR count). The Balaban J connectivity index is 1.94. The second-order valence-corrected chi connectivity index (χ2v) is 7.41. The van der Waals surface area contributed by atoms with Crippen molar-refractivity contribution >= 4 is 23.4 Å². The van der Waals surface area contributed by atoms with E-state index in [0.717, 1.165) is 22.0 Å². The van der Waals surface area contributed by atoms with Gasteiger partial charge in [0, 0.05) is 10.6 Å². The van der Waals surface area contributed by atoms with Gasteiger partial charge in [0.25, 0.3) is 5.91 Å². The van der Waals surface area contributed by atoms with Crippen LogP contribution >= 0.6 is 11.8 Å². The van der Waals surface area contributed by atoms with E-state index in [0.29, 0.717) is 5.56 Å². The molecule has 1 aromatic heterocycles. The van der Waals surface area contributed by atoms with Gasteiger partial charge in [-0.15, -0.1) is 11.8 Å². The molecule has 1 heterocycles. The third kappa shape index (κ3) is 3.83. The van der Waals surface area contributed by atoms with Crippen LogP contribution in [0.4, 0.5) is 5.69 Å². The summed E-state index contributed by atoms with van der Waals surface area (Å²) in [5.41, 5.74) is 4.46. The van der Waals surface area contributed by atoms with E-state index in [2.05, 4.69) is 43.3 Å². The molecule has 0 saturated heterocycles. The number of hydrogen-bond acceptors (Lipinski definition) is 3. The fraction of sp³-hybridized carbons (Fsp3) is 0.238. The van der Waals surface area contributed by atoms with Crippen LogP contribution in [0, 0.1) is 6.92 Å². The third-order valence-corrected chi connectivity index (χ3v) is 4.93. The van der Waals surface area contributed by atoms with E-state index in [1.165, 1.54) is 5.56 Å². The molecule has 0 fully saturated rings. The number of carbonyl (C=O) groups excluding carboxylic acids is 1. The molecule has 26 heavy (non-hydrogen) atoms. The maximum Gasteiger partial charge on any atom is 0.259 e. The summed E-state index contributed by atoms with van der Waals surface area (Å²) in [7, 11) is 0. The number of carbonyl (C=O) groups is 1. The molecule has 0 bridgehead atoms. The molecule has 0 aliphatic carbocycles. The fourth-order valence-electron chi connectivity index (χ4n) is 2.88. The lowest BCUT2D eigenvalue weighted by atomic mass is 10.0. The highest BCUT2D eigenvalue weighted by Crippen LogP contribution is 2.25. The minimum absolute atomic E-state index is 0.134. The van der Waals surface area contributed by atoms with Gasteiger partial charge in [0.15, 0.2) is 0 Å². The Labute approximate surface area is 158 Å². The SMILES string of the molecule is CSc1cccc(NC(=O)c2cnn(-c3ccc(C)cc3)c2C(C)C)c1. The van der Waals surface area contributed by atoms with Gasteiger partial charge in [0.05, 0.1) is 23.1 Å². The van der Waals surface area contributed by atoms with Gasteiger partial charge >= 0.3 is 0 Å². The molecule has 0 saturated carbocycles. The van der Waals surface area contributed by atoms with E-state index in [-0.39, 0.29) is 11.8 Å². The first-order valence-electron chi connectivity index (χ1n) is 8.60. The maximum absolute atomic E-state index is 12.9. The van der Waals surface area contributed by atoms with Gasteiger partial charge in [0.2, 0.25) is 0 Å². The standard InChI is InChI=1S/C21H23N3OS/c1-14(2)20-19(13-22-24(20)17-10-8-15(3)9-11-17)21(25)23-16-6-5-7-18(12-16)26-4/h5-14H,1-4H3,(H,23,25). The highest BCUT2D eigenvalue weighted by atomic mass is 32.2. The van der Waals surface area contributed by atoms with Crippen molar-refractivity contribution in [3.63, 3.8) is 0 Å². The van der Waals surface area contributed by atoms with Gasteiger partial charge in [-0.3, -0.25) is 4.79 Å². The largest absolute Gasteiger partial charge is 0.322 e. The van der Waals surface area contributed by atoms with Gasteiger partial charge in [-0.1, -0.05) is 37.6 Å². The molecule has 0 radical (unpaired) electrons. The van der Waals surface area contributed by atoms with Crippen LogP contribution in [-0.4, -0.2) is 21.9 Å². The van der Waals surface area contributed by atoms with Crippen LogP contribution in [0.2, 0.25) is 0 Å². The quantitative estimate of drug-likeness (QED) is 0.626. The molecule has 4 nitrogen and oxygen atoms in total. The van der Waals surface area contributed by atoms with Gasteiger partial charge in [-0.25, -0.2) is 4.68 Å². The summed E-state index contributed by atoms with van der Waals surface area (Å²) in [6.45, 7) is 6.21. The number of thioether (sulfide) groups is 1. The minimum Gasteiger partial charge on any atom is -0.322 e. The lowest BCUT2D eigenvalue weighted by molar-refractivity contribution is 0.102. The van der Waals surface area contributed by atoms with Crippen molar-refractivity contribution in [3.8, 4) is 5.69 Å². The van der Waals surface area contributed by atoms with Gasteiger partial charge in [-0.2, -0.15) is 5.10 Å². The lowest BCUT2D eigenvalue weighted by Gasteiger charge is -2.13. The van der Waals surface area contributed by atoms with Gasteiger partial charge in [0.1, 0.15) is 0 Å². The zero-order valence-electron chi connectivity index (χ0n) is 15.5. The van der Waals surface area contributed by atoms with Crippen LogP contribution in [0.1, 0.15) is 41.4 Å². The molecule has 1 N–H and O–H groups in total. The smallest absolute Gasteiger partial charge is 0.259 e. The van der Waals surface area contributed by atoms with Crippen molar-refractivity contribution in [2.75, 3.05) is 11.6 Å². The minimum atomic E-state index is -0.134. The van der Waals surface area contributed by atoms with E-state index in [1.54, 1.807) is 18.0 Å². The average molecular weight is 366 g/mol. The first-order valence-corrected chi connectivity index (χ1v) is 9.82. The molecule has 3 aromatic rings. The molecular formula is C21H23N3OS. The summed E-state index contributed by atoms with van der Waals surface area (Å²) in [5.74, 6) is 0.0300. The van der Waals surface area contributed by atoms with Crippen molar-refractivity contribution < 1.29 is 4.79 Å². The predicted octanol–water partition coefficient (Wildman–Crippen LogP) is 5.28. The Hall–Kier alpha value is -2.53. The van der Waals surface area contributed by atoms with Crippen LogP contribution in [-0.2, 0) is 0 Å². The molecule has 0 spiro atoms. The summed E-state index contributed by atoms with van der Waals surface area (Å²) in [6, 6.07) is 16.0. The molecule has 2 aromatic carbocycles. The fourth-order valence-corrected chi connectivity index (χ4v) is 3.34. The van der Waals surface area contributed by atoms with Gasteiger partial charge < -0.3 is 5.32 Å². The lowest BCUT2D eigenvalue weighted by Crippen LogP contribution is -2.15. The number of nitrogens with one attached hydrogen (secondary N) is 1. The second kappa shape index (κ2) is 7.79. The third-order valence-electron chi connectivity index (χ3n) is 4.20. The van der Waals surface area contributed by atoms with Crippen LogP contribution < -0.4 is 5.32 Å². The number of anilines is 1. The molecule has 1 amide bonds. The van der Waals surface area contributed by atoms with Crippen LogP contribution in [0.25, 0.3) is 5.69 Å². The Morgan fingerprint density at radius 3 is 2.54 bits per heavy atom. The maximum atomic E-state index is 12.9. The Kier molecular flexibility index (Phi) is 5.47. The molecule has 5 heteroatoms. The van der Waals surface area contributed by atoms with E-state index in [4.69, 9.17) is 0 Å². The summed E-state index contributed by atoms with van der Waals surface area (Å²) < 4.78 is 1.86. The topological polar surface area (TPSA) is 46.9 Å². The number of rotatable bonds is 5. The Morgan fingerprint density at radius 2 is 1.88 bits per heavy atom. The Bertz CT molecular complexity index is 913. The van der Waals surface area contributed by atoms with E-state index >= 15 is 0 Å². The Morgan fingerprint density at radius 1 is 1.15 bits per heavy atom. The first kappa shape index (κ1) is 18.3. The van der Waals surface area contributed by atoms with Crippen LogP contribution in [0.3, 0.4) is 0 Å². The highest BCUT2D eigenvalue weighted by Gasteiger charge is 2.21. The molecule has 0 aliphatic rings. The first-order chi connectivity index (χ1) is 12.5. The molecular weight excluding hydrogens is 342 g/mol. The zero-order chi connectivity index (χ0) is 18.7. The number of nitrogens with zero attached hydrogens (tertiary/aromatic N) is 2. The van der Waals surface area contributed by atoms with Crippen molar-refractivity contribution in [2.45, 2.75) is 31.6 Å².